The molecular formula is C15H15NO2. The van der Waals surface area contributed by atoms with E-state index in [9.17, 15) is 9.90 Å². The monoisotopic (exact) mass is 241 g/mol. The zero-order valence-corrected chi connectivity index (χ0v) is 10.2. The minimum absolute atomic E-state index is 0.0852. The molecule has 0 aliphatic rings. The number of phenolic OH excluding ortho intramolecular Hbond substituents is 1. The first kappa shape index (κ1) is 12.2. The Morgan fingerprint density at radius 2 is 1.89 bits per heavy atom. The maximum atomic E-state index is 11.8. The third kappa shape index (κ3) is 3.10. The van der Waals surface area contributed by atoms with Gasteiger partial charge < -0.3 is 10.4 Å². The van der Waals surface area contributed by atoms with E-state index in [0.717, 1.165) is 11.1 Å². The molecule has 0 aromatic heterocycles. The summed E-state index contributed by atoms with van der Waals surface area (Å²) >= 11 is 0. The van der Waals surface area contributed by atoms with Crippen LogP contribution in [0.25, 0.3) is 0 Å². The van der Waals surface area contributed by atoms with Gasteiger partial charge in [0.05, 0.1) is 12.1 Å². The molecule has 0 radical (unpaired) electrons. The van der Waals surface area contributed by atoms with Crippen LogP contribution >= 0.6 is 0 Å². The van der Waals surface area contributed by atoms with Crippen LogP contribution in [0.2, 0.25) is 0 Å². The molecule has 0 heterocycles. The van der Waals surface area contributed by atoms with E-state index >= 15 is 0 Å². The van der Waals surface area contributed by atoms with Crippen LogP contribution in [0.3, 0.4) is 0 Å². The van der Waals surface area contributed by atoms with Crippen molar-refractivity contribution in [3.05, 3.63) is 59.7 Å². The number of rotatable bonds is 3. The van der Waals surface area contributed by atoms with Crippen LogP contribution in [-0.4, -0.2) is 11.0 Å². The van der Waals surface area contributed by atoms with Gasteiger partial charge in [0.2, 0.25) is 5.91 Å². The second kappa shape index (κ2) is 5.36. The molecule has 2 aromatic carbocycles. The van der Waals surface area contributed by atoms with Gasteiger partial charge in [-0.2, -0.15) is 0 Å². The fraction of sp³-hybridized carbons (Fsp3) is 0.133. The normalized spacial score (nSPS) is 10.1. The number of hydrogen-bond donors (Lipinski definition) is 2. The van der Waals surface area contributed by atoms with E-state index in [2.05, 4.69) is 5.32 Å². The first-order valence-corrected chi connectivity index (χ1v) is 5.78. The molecule has 18 heavy (non-hydrogen) atoms. The van der Waals surface area contributed by atoms with E-state index < -0.39 is 0 Å². The molecule has 0 saturated carbocycles. The molecule has 0 bridgehead atoms. The van der Waals surface area contributed by atoms with E-state index in [1.807, 2.05) is 37.3 Å². The van der Waals surface area contributed by atoms with E-state index in [-0.39, 0.29) is 11.7 Å². The molecule has 0 aliphatic carbocycles. The number of hydrogen-bond acceptors (Lipinski definition) is 2. The van der Waals surface area contributed by atoms with Gasteiger partial charge in [0.1, 0.15) is 5.75 Å². The highest BCUT2D eigenvalue weighted by atomic mass is 16.3. The van der Waals surface area contributed by atoms with Crippen LogP contribution in [0.15, 0.2) is 48.5 Å². The van der Waals surface area contributed by atoms with Gasteiger partial charge in [0, 0.05) is 0 Å². The lowest BCUT2D eigenvalue weighted by atomic mass is 10.1. The smallest absolute Gasteiger partial charge is 0.228 e. The molecule has 0 atom stereocenters. The lowest BCUT2D eigenvalue weighted by Crippen LogP contribution is -2.14. The minimum Gasteiger partial charge on any atom is -0.506 e. The second-order valence-electron chi connectivity index (χ2n) is 4.23. The topological polar surface area (TPSA) is 49.3 Å². The summed E-state index contributed by atoms with van der Waals surface area (Å²) in [5.41, 5.74) is 2.39. The first-order valence-electron chi connectivity index (χ1n) is 5.78. The summed E-state index contributed by atoms with van der Waals surface area (Å²) in [6, 6.07) is 14.6. The molecule has 92 valence electrons. The zero-order chi connectivity index (χ0) is 13.0. The number of phenols is 1. The largest absolute Gasteiger partial charge is 0.506 e. The summed E-state index contributed by atoms with van der Waals surface area (Å²) in [6.07, 6.45) is 0.300. The van der Waals surface area contributed by atoms with Crippen molar-refractivity contribution in [3.63, 3.8) is 0 Å². The number of carbonyl (C=O) groups excluding carboxylic acids is 1. The average Bonchev–Trinajstić information content (AvgIpc) is 2.35. The first-order chi connectivity index (χ1) is 8.65. The maximum Gasteiger partial charge on any atom is 0.228 e. The third-order valence-electron chi connectivity index (χ3n) is 2.63. The average molecular weight is 241 g/mol. The standard InChI is InChI=1S/C15H15NO2/c1-11-7-8-14(17)13(9-11)16-15(18)10-12-5-3-2-4-6-12/h2-9,17H,10H2,1H3,(H,16,18). The van der Waals surface area contributed by atoms with Crippen molar-refractivity contribution < 1.29 is 9.90 Å². The number of benzene rings is 2. The summed E-state index contributed by atoms with van der Waals surface area (Å²) in [6.45, 7) is 1.91. The molecule has 3 nitrogen and oxygen atoms in total. The highest BCUT2D eigenvalue weighted by molar-refractivity contribution is 5.93. The lowest BCUT2D eigenvalue weighted by Gasteiger charge is -2.08. The SMILES string of the molecule is Cc1ccc(O)c(NC(=O)Cc2ccccc2)c1. The van der Waals surface area contributed by atoms with Crippen LogP contribution in [0.4, 0.5) is 5.69 Å². The van der Waals surface area contributed by atoms with Gasteiger partial charge in [-0.25, -0.2) is 0 Å². The molecule has 0 fully saturated rings. The number of carbonyl (C=O) groups is 1. The zero-order valence-electron chi connectivity index (χ0n) is 10.2. The van der Waals surface area contributed by atoms with Gasteiger partial charge in [-0.1, -0.05) is 36.4 Å². The Morgan fingerprint density at radius 3 is 2.61 bits per heavy atom. The Kier molecular flexibility index (Phi) is 3.63. The van der Waals surface area contributed by atoms with E-state index in [4.69, 9.17) is 0 Å². The summed E-state index contributed by atoms with van der Waals surface area (Å²) in [4.78, 5) is 11.8. The molecule has 2 N–H and O–H groups in total. The fourth-order valence-electron chi connectivity index (χ4n) is 1.73. The summed E-state index contributed by atoms with van der Waals surface area (Å²) < 4.78 is 0. The van der Waals surface area contributed by atoms with Crippen molar-refractivity contribution in [2.75, 3.05) is 5.32 Å². The van der Waals surface area contributed by atoms with Gasteiger partial charge in [-0.15, -0.1) is 0 Å². The molecule has 2 aromatic rings. The molecular weight excluding hydrogens is 226 g/mol. The quantitative estimate of drug-likeness (QED) is 0.812. The van der Waals surface area contributed by atoms with Crippen molar-refractivity contribution >= 4 is 11.6 Å². The minimum atomic E-state index is -0.137. The highest BCUT2D eigenvalue weighted by Gasteiger charge is 2.07. The number of anilines is 1. The molecule has 2 rings (SSSR count). The lowest BCUT2D eigenvalue weighted by molar-refractivity contribution is -0.115. The summed E-state index contributed by atoms with van der Waals surface area (Å²) in [5.74, 6) is -0.0517. The van der Waals surface area contributed by atoms with Crippen molar-refractivity contribution in [1.82, 2.24) is 0 Å². The van der Waals surface area contributed by atoms with Crippen LogP contribution in [0, 0.1) is 6.92 Å². The van der Waals surface area contributed by atoms with Gasteiger partial charge in [-0.3, -0.25) is 4.79 Å². The van der Waals surface area contributed by atoms with Crippen LogP contribution in [-0.2, 0) is 11.2 Å². The predicted octanol–water partition coefficient (Wildman–Crippen LogP) is 2.88. The molecule has 0 aliphatic heterocycles. The van der Waals surface area contributed by atoms with Crippen molar-refractivity contribution in [3.8, 4) is 5.75 Å². The highest BCUT2D eigenvalue weighted by Crippen LogP contribution is 2.23. The van der Waals surface area contributed by atoms with Crippen LogP contribution in [0.5, 0.6) is 5.75 Å². The van der Waals surface area contributed by atoms with Crippen LogP contribution in [0.1, 0.15) is 11.1 Å². The van der Waals surface area contributed by atoms with Gasteiger partial charge in [0.25, 0.3) is 0 Å². The Balaban J connectivity index is 2.05. The number of aromatic hydroxyl groups is 1. The second-order valence-corrected chi connectivity index (χ2v) is 4.23. The van der Waals surface area contributed by atoms with Gasteiger partial charge in [-0.05, 0) is 30.2 Å². The Labute approximate surface area is 106 Å². The number of nitrogens with one attached hydrogen (secondary N) is 1. The van der Waals surface area contributed by atoms with E-state index in [1.165, 1.54) is 0 Å². The Hall–Kier alpha value is -2.29. The molecule has 0 spiro atoms. The molecule has 1 amide bonds. The molecule has 3 heteroatoms. The molecule has 0 saturated heterocycles. The summed E-state index contributed by atoms with van der Waals surface area (Å²) in [5, 5.41) is 12.3. The van der Waals surface area contributed by atoms with Crippen molar-refractivity contribution in [2.24, 2.45) is 0 Å². The maximum absolute atomic E-state index is 11.8. The van der Waals surface area contributed by atoms with Crippen molar-refractivity contribution in [2.45, 2.75) is 13.3 Å². The van der Waals surface area contributed by atoms with E-state index in [0.29, 0.717) is 12.1 Å². The Bertz CT molecular complexity index is 550. The molecule has 0 unspecified atom stereocenters. The predicted molar refractivity (Wildman–Crippen MR) is 71.6 cm³/mol. The van der Waals surface area contributed by atoms with Gasteiger partial charge >= 0.3 is 0 Å². The third-order valence-corrected chi connectivity index (χ3v) is 2.63. The fourth-order valence-corrected chi connectivity index (χ4v) is 1.73. The summed E-state index contributed by atoms with van der Waals surface area (Å²) in [7, 11) is 0. The van der Waals surface area contributed by atoms with Crippen molar-refractivity contribution in [1.29, 1.82) is 0 Å². The van der Waals surface area contributed by atoms with Crippen LogP contribution < -0.4 is 5.32 Å². The number of amides is 1. The van der Waals surface area contributed by atoms with Gasteiger partial charge in [0.15, 0.2) is 0 Å². The van der Waals surface area contributed by atoms with E-state index in [1.54, 1.807) is 18.2 Å². The Morgan fingerprint density at radius 1 is 1.17 bits per heavy atom. The number of aryl methyl sites for hydroxylation is 1.